The van der Waals surface area contributed by atoms with Crippen molar-refractivity contribution in [2.45, 2.75) is 45.1 Å². The molecule has 2 N–H and O–H groups in total. The summed E-state index contributed by atoms with van der Waals surface area (Å²) in [6.45, 7) is 10.0. The topological polar surface area (TPSA) is 60.1 Å². The third-order valence-corrected chi connectivity index (χ3v) is 8.37. The third kappa shape index (κ3) is 4.03. The number of likely N-dealkylation sites (tertiary alicyclic amines) is 1. The molecule has 36 heavy (non-hydrogen) atoms. The lowest BCUT2D eigenvalue weighted by molar-refractivity contribution is 0.192. The molecule has 10 heteroatoms. The molecule has 2 atom stereocenters. The average molecular weight is 535 g/mol. The zero-order valence-electron chi connectivity index (χ0n) is 20.7. The van der Waals surface area contributed by atoms with Gasteiger partial charge >= 0.3 is 0 Å². The van der Waals surface area contributed by atoms with E-state index in [1.165, 1.54) is 6.07 Å². The summed E-state index contributed by atoms with van der Waals surface area (Å²) < 4.78 is 31.7. The fourth-order valence-corrected chi connectivity index (χ4v) is 5.66. The Labute approximate surface area is 220 Å². The van der Waals surface area contributed by atoms with Gasteiger partial charge in [-0.15, -0.1) is 11.6 Å². The van der Waals surface area contributed by atoms with E-state index in [1.807, 2.05) is 22.9 Å². The van der Waals surface area contributed by atoms with Gasteiger partial charge in [-0.05, 0) is 24.8 Å². The average Bonchev–Trinajstić information content (AvgIpc) is 3.41. The summed E-state index contributed by atoms with van der Waals surface area (Å²) in [5, 5.41) is 10.6. The molecule has 1 unspecified atom stereocenters. The van der Waals surface area contributed by atoms with Crippen molar-refractivity contribution in [3.05, 3.63) is 63.9 Å². The number of aromatic nitrogens is 3. The summed E-state index contributed by atoms with van der Waals surface area (Å²) >= 11 is 12.1. The van der Waals surface area contributed by atoms with E-state index in [0.717, 1.165) is 11.4 Å². The maximum absolute atomic E-state index is 16.3. The number of alkyl halides is 1. The Bertz CT molecular complexity index is 1280. The zero-order valence-corrected chi connectivity index (χ0v) is 22.3. The zero-order chi connectivity index (χ0) is 25.8. The van der Waals surface area contributed by atoms with Crippen LogP contribution < -0.4 is 10.2 Å². The molecular weight excluding hydrogens is 505 g/mol. The molecule has 192 valence electrons. The molecule has 1 saturated heterocycles. The lowest BCUT2D eigenvalue weighted by atomic mass is 9.77. The predicted octanol–water partition coefficient (Wildman–Crippen LogP) is 6.25. The van der Waals surface area contributed by atoms with Crippen molar-refractivity contribution < 1.29 is 8.78 Å². The normalized spacial score (nSPS) is 21.1. The number of benzene rings is 1. The number of anilines is 3. The van der Waals surface area contributed by atoms with Crippen LogP contribution in [0.4, 0.5) is 26.1 Å². The van der Waals surface area contributed by atoms with Crippen molar-refractivity contribution in [3.8, 4) is 0 Å². The van der Waals surface area contributed by atoms with Gasteiger partial charge in [0, 0.05) is 41.7 Å². The number of hydrogen-bond acceptors (Lipinski definition) is 5. The Kier molecular flexibility index (Phi) is 6.64. The molecule has 2 aliphatic rings. The second kappa shape index (κ2) is 9.47. The van der Waals surface area contributed by atoms with Crippen LogP contribution in [0, 0.1) is 17.6 Å². The second-order valence-electron chi connectivity index (χ2n) is 10.4. The summed E-state index contributed by atoms with van der Waals surface area (Å²) in [5.41, 5.74) is 1.29. The van der Waals surface area contributed by atoms with Crippen molar-refractivity contribution in [2.75, 3.05) is 35.9 Å². The summed E-state index contributed by atoms with van der Waals surface area (Å²) in [6.07, 6.45) is 3.48. The molecule has 0 spiro atoms. The van der Waals surface area contributed by atoms with Gasteiger partial charge in [0.15, 0.2) is 11.6 Å². The SMILES string of the molecule is CC(C)C(C)c1cn[nH]c1N1C[C@](C)(c2cccc(Cl)c2F)c2c1cnc(NC1CN(CCl)C1)c2F. The van der Waals surface area contributed by atoms with Gasteiger partial charge in [0.25, 0.3) is 0 Å². The fraction of sp³-hybridized carbons (Fsp3) is 0.462. The minimum absolute atomic E-state index is 0.00725. The van der Waals surface area contributed by atoms with Crippen molar-refractivity contribution in [1.29, 1.82) is 0 Å². The largest absolute Gasteiger partial charge is 0.362 e. The molecule has 1 aromatic carbocycles. The van der Waals surface area contributed by atoms with Gasteiger partial charge < -0.3 is 10.2 Å². The second-order valence-corrected chi connectivity index (χ2v) is 11.1. The van der Waals surface area contributed by atoms with Crippen LogP contribution in [0.2, 0.25) is 5.02 Å². The molecular formula is C26H30Cl2F2N6. The van der Waals surface area contributed by atoms with E-state index in [9.17, 15) is 0 Å². The van der Waals surface area contributed by atoms with Crippen LogP contribution in [0.5, 0.6) is 0 Å². The fourth-order valence-electron chi connectivity index (χ4n) is 5.29. The summed E-state index contributed by atoms with van der Waals surface area (Å²) in [5.74, 6) is 0.471. The first-order chi connectivity index (χ1) is 17.2. The molecule has 2 aliphatic heterocycles. The number of nitrogens with one attached hydrogen (secondary N) is 2. The van der Waals surface area contributed by atoms with E-state index < -0.39 is 17.0 Å². The van der Waals surface area contributed by atoms with Crippen molar-refractivity contribution >= 4 is 40.5 Å². The van der Waals surface area contributed by atoms with Gasteiger partial charge in [-0.1, -0.05) is 44.5 Å². The van der Waals surface area contributed by atoms with Crippen LogP contribution in [-0.2, 0) is 5.41 Å². The number of halogens is 4. The molecule has 0 bridgehead atoms. The van der Waals surface area contributed by atoms with Crippen LogP contribution in [0.3, 0.4) is 0 Å². The number of aromatic amines is 1. The molecule has 0 aliphatic carbocycles. The first kappa shape index (κ1) is 25.2. The van der Waals surface area contributed by atoms with Crippen LogP contribution in [0.1, 0.15) is 50.3 Å². The van der Waals surface area contributed by atoms with E-state index in [2.05, 4.69) is 41.3 Å². The van der Waals surface area contributed by atoms with Gasteiger partial charge in [0.1, 0.15) is 11.6 Å². The highest BCUT2D eigenvalue weighted by atomic mass is 35.5. The molecule has 6 nitrogen and oxygen atoms in total. The van der Waals surface area contributed by atoms with Crippen molar-refractivity contribution in [3.63, 3.8) is 0 Å². The Morgan fingerprint density at radius 3 is 2.64 bits per heavy atom. The minimum atomic E-state index is -1.03. The van der Waals surface area contributed by atoms with Crippen LogP contribution in [-0.4, -0.2) is 51.8 Å². The quantitative estimate of drug-likeness (QED) is 0.277. The number of hydrogen-bond donors (Lipinski definition) is 2. The van der Waals surface area contributed by atoms with Gasteiger partial charge in [-0.25, -0.2) is 13.8 Å². The third-order valence-electron chi connectivity index (χ3n) is 7.74. The van der Waals surface area contributed by atoms with E-state index in [0.29, 0.717) is 48.4 Å². The number of pyridine rings is 1. The Morgan fingerprint density at radius 2 is 1.94 bits per heavy atom. The van der Waals surface area contributed by atoms with Crippen LogP contribution in [0.25, 0.3) is 0 Å². The molecule has 1 fully saturated rings. The smallest absolute Gasteiger partial charge is 0.171 e. The number of nitrogens with zero attached hydrogens (tertiary/aromatic N) is 4. The molecule has 3 aromatic rings. The van der Waals surface area contributed by atoms with E-state index >= 15 is 8.78 Å². The highest BCUT2D eigenvalue weighted by Gasteiger charge is 2.47. The highest BCUT2D eigenvalue weighted by Crippen LogP contribution is 2.51. The van der Waals surface area contributed by atoms with Gasteiger partial charge in [-0.2, -0.15) is 5.10 Å². The predicted molar refractivity (Wildman–Crippen MR) is 141 cm³/mol. The van der Waals surface area contributed by atoms with Gasteiger partial charge in [0.05, 0.1) is 35.1 Å². The molecule has 2 aromatic heterocycles. The van der Waals surface area contributed by atoms with Crippen LogP contribution >= 0.6 is 23.2 Å². The van der Waals surface area contributed by atoms with E-state index in [4.69, 9.17) is 23.2 Å². The van der Waals surface area contributed by atoms with Gasteiger partial charge in [0.2, 0.25) is 0 Å². The Balaban J connectivity index is 1.64. The number of rotatable bonds is 7. The van der Waals surface area contributed by atoms with E-state index in [-0.39, 0.29) is 22.8 Å². The lowest BCUT2D eigenvalue weighted by Crippen LogP contribution is -2.54. The highest BCUT2D eigenvalue weighted by molar-refractivity contribution is 6.30. The van der Waals surface area contributed by atoms with Crippen molar-refractivity contribution in [1.82, 2.24) is 20.1 Å². The maximum atomic E-state index is 16.3. The molecule has 0 radical (unpaired) electrons. The first-order valence-electron chi connectivity index (χ1n) is 12.1. The lowest BCUT2D eigenvalue weighted by Gasteiger charge is -2.38. The van der Waals surface area contributed by atoms with Crippen molar-refractivity contribution in [2.24, 2.45) is 5.92 Å². The molecule has 0 amide bonds. The summed E-state index contributed by atoms with van der Waals surface area (Å²) in [7, 11) is 0. The van der Waals surface area contributed by atoms with Crippen LogP contribution in [0.15, 0.2) is 30.6 Å². The standard InChI is InChI=1S/C26H30Cl2F2N6/c1-14(2)15(3)17-8-32-34-25(17)36-12-26(4,18-6-5-7-19(28)22(18)29)21-20(36)9-31-24(23(21)30)33-16-10-35(11-16)13-27/h5-9,14-16H,10-13H2,1-4H3,(H,31,33)(H,32,34)/t15?,26-/m1/s1. The maximum Gasteiger partial charge on any atom is 0.171 e. The summed E-state index contributed by atoms with van der Waals surface area (Å²) in [6, 6.07) is 5.35. The van der Waals surface area contributed by atoms with Gasteiger partial charge in [-0.3, -0.25) is 10.00 Å². The summed E-state index contributed by atoms with van der Waals surface area (Å²) in [4.78, 5) is 8.46. The van der Waals surface area contributed by atoms with E-state index in [1.54, 1.807) is 18.3 Å². The number of H-pyrrole nitrogens is 1. The Morgan fingerprint density at radius 1 is 1.19 bits per heavy atom. The molecule has 4 heterocycles. The molecule has 5 rings (SSSR count). The Hall–Kier alpha value is -2.42. The number of fused-ring (bicyclic) bond motifs is 1. The minimum Gasteiger partial charge on any atom is -0.362 e. The monoisotopic (exact) mass is 534 g/mol. The molecule has 0 saturated carbocycles. The first-order valence-corrected chi connectivity index (χ1v) is 13.1.